The van der Waals surface area contributed by atoms with Crippen molar-refractivity contribution in [2.24, 2.45) is 5.84 Å². The van der Waals surface area contributed by atoms with Crippen LogP contribution in [0.1, 0.15) is 25.3 Å². The first-order chi connectivity index (χ1) is 8.17. The van der Waals surface area contributed by atoms with Crippen molar-refractivity contribution in [1.29, 1.82) is 0 Å². The molecule has 0 saturated heterocycles. The predicted molar refractivity (Wildman–Crippen MR) is 63.9 cm³/mol. The fourth-order valence-electron chi connectivity index (χ4n) is 1.57. The normalized spacial score (nSPS) is 11.8. The first-order valence-corrected chi connectivity index (χ1v) is 5.47. The lowest BCUT2D eigenvalue weighted by atomic mass is 10.0. The van der Waals surface area contributed by atoms with Crippen LogP contribution in [-0.2, 0) is 6.42 Å². The number of hydrogen-bond donors (Lipinski definition) is 2. The van der Waals surface area contributed by atoms with Crippen molar-refractivity contribution in [3.63, 3.8) is 0 Å². The minimum Gasteiger partial charge on any atom is -0.271 e. The highest BCUT2D eigenvalue weighted by Crippen LogP contribution is 2.13. The summed E-state index contributed by atoms with van der Waals surface area (Å²) in [5.74, 6) is 9.99. The lowest BCUT2D eigenvalue weighted by Crippen LogP contribution is -2.36. The van der Waals surface area contributed by atoms with Gasteiger partial charge in [-0.2, -0.15) is 0 Å². The molecule has 0 aromatic heterocycles. The second-order valence-corrected chi connectivity index (χ2v) is 3.77. The highest BCUT2D eigenvalue weighted by atomic mass is 19.1. The molecule has 1 aromatic carbocycles. The van der Waals surface area contributed by atoms with Crippen LogP contribution in [0.25, 0.3) is 0 Å². The number of nitrogens with two attached hydrogens (primary N) is 1. The van der Waals surface area contributed by atoms with Crippen molar-refractivity contribution >= 4 is 0 Å². The zero-order valence-corrected chi connectivity index (χ0v) is 9.76. The number of hydrogen-bond acceptors (Lipinski definition) is 2. The molecule has 0 spiro atoms. The quantitative estimate of drug-likeness (QED) is 0.468. The summed E-state index contributed by atoms with van der Waals surface area (Å²) in [5, 5.41) is 0. The zero-order chi connectivity index (χ0) is 12.7. The molecule has 1 unspecified atom stereocenters. The van der Waals surface area contributed by atoms with Crippen molar-refractivity contribution in [3.8, 4) is 11.8 Å². The first kappa shape index (κ1) is 13.6. The van der Waals surface area contributed by atoms with Crippen LogP contribution in [0.3, 0.4) is 0 Å². The summed E-state index contributed by atoms with van der Waals surface area (Å²) in [6, 6.07) is 3.52. The fraction of sp³-hybridized carbons (Fsp3) is 0.385. The van der Waals surface area contributed by atoms with E-state index in [1.165, 1.54) is 12.1 Å². The van der Waals surface area contributed by atoms with E-state index >= 15 is 0 Å². The number of nitrogens with one attached hydrogen (secondary N) is 1. The van der Waals surface area contributed by atoms with Crippen LogP contribution in [0.5, 0.6) is 0 Å². The molecule has 0 aliphatic rings. The SMILES string of the molecule is CC#CCCC(Cc1ccc(F)cc1F)NN. The number of hydrazine groups is 1. The molecular formula is C13H16F2N2. The maximum absolute atomic E-state index is 13.4. The average molecular weight is 238 g/mol. The molecule has 1 atom stereocenters. The minimum atomic E-state index is -0.569. The van der Waals surface area contributed by atoms with Crippen molar-refractivity contribution in [2.45, 2.75) is 32.2 Å². The van der Waals surface area contributed by atoms with Gasteiger partial charge in [0, 0.05) is 18.5 Å². The van der Waals surface area contributed by atoms with E-state index in [0.717, 1.165) is 12.5 Å². The Morgan fingerprint density at radius 1 is 1.41 bits per heavy atom. The second kappa shape index (κ2) is 7.00. The summed E-state index contributed by atoms with van der Waals surface area (Å²) in [5.41, 5.74) is 3.08. The highest BCUT2D eigenvalue weighted by molar-refractivity contribution is 5.19. The monoisotopic (exact) mass is 238 g/mol. The highest BCUT2D eigenvalue weighted by Gasteiger charge is 2.11. The van der Waals surface area contributed by atoms with Gasteiger partial charge in [-0.3, -0.25) is 11.3 Å². The Balaban J connectivity index is 2.62. The van der Waals surface area contributed by atoms with Gasteiger partial charge in [0.05, 0.1) is 0 Å². The molecule has 0 amide bonds. The summed E-state index contributed by atoms with van der Waals surface area (Å²) in [6.45, 7) is 1.77. The largest absolute Gasteiger partial charge is 0.271 e. The molecule has 0 bridgehead atoms. The standard InChI is InChI=1S/C13H16F2N2/c1-2-3-4-5-12(17-16)8-10-6-7-11(14)9-13(10)15/h6-7,9,12,17H,4-5,8,16H2,1H3. The van der Waals surface area contributed by atoms with E-state index < -0.39 is 11.6 Å². The molecule has 0 aliphatic carbocycles. The second-order valence-electron chi connectivity index (χ2n) is 3.77. The molecule has 4 heteroatoms. The molecule has 0 radical (unpaired) electrons. The molecule has 17 heavy (non-hydrogen) atoms. The van der Waals surface area contributed by atoms with Crippen LogP contribution in [0, 0.1) is 23.5 Å². The molecule has 1 aromatic rings. The minimum absolute atomic E-state index is 0.0594. The molecule has 0 aliphatic heterocycles. The molecule has 1 rings (SSSR count). The third kappa shape index (κ3) is 4.51. The summed E-state index contributed by atoms with van der Waals surface area (Å²) in [7, 11) is 0. The van der Waals surface area contributed by atoms with Crippen LogP contribution in [-0.4, -0.2) is 6.04 Å². The Hall–Kier alpha value is -1.44. The molecule has 0 saturated carbocycles. The summed E-state index contributed by atoms with van der Waals surface area (Å²) in [6.07, 6.45) is 1.86. The third-order valence-electron chi connectivity index (χ3n) is 2.51. The van der Waals surface area contributed by atoms with Gasteiger partial charge in [0.1, 0.15) is 11.6 Å². The lowest BCUT2D eigenvalue weighted by molar-refractivity contribution is 0.483. The third-order valence-corrected chi connectivity index (χ3v) is 2.51. The zero-order valence-electron chi connectivity index (χ0n) is 9.76. The molecule has 0 fully saturated rings. The maximum Gasteiger partial charge on any atom is 0.129 e. The molecule has 3 N–H and O–H groups in total. The topological polar surface area (TPSA) is 38.0 Å². The summed E-state index contributed by atoms with van der Waals surface area (Å²) in [4.78, 5) is 0. The van der Waals surface area contributed by atoms with Gasteiger partial charge >= 0.3 is 0 Å². The van der Waals surface area contributed by atoms with E-state index in [-0.39, 0.29) is 6.04 Å². The summed E-state index contributed by atoms with van der Waals surface area (Å²) < 4.78 is 26.1. The van der Waals surface area contributed by atoms with E-state index in [4.69, 9.17) is 5.84 Å². The van der Waals surface area contributed by atoms with Gasteiger partial charge in [0.15, 0.2) is 0 Å². The van der Waals surface area contributed by atoms with Gasteiger partial charge in [-0.25, -0.2) is 8.78 Å². The van der Waals surface area contributed by atoms with Crippen LogP contribution in [0.4, 0.5) is 8.78 Å². The van der Waals surface area contributed by atoms with Crippen LogP contribution >= 0.6 is 0 Å². The lowest BCUT2D eigenvalue weighted by Gasteiger charge is -2.14. The Bertz CT molecular complexity index is 421. The number of benzene rings is 1. The number of rotatable bonds is 5. The van der Waals surface area contributed by atoms with Gasteiger partial charge < -0.3 is 0 Å². The van der Waals surface area contributed by atoms with Gasteiger partial charge in [0.2, 0.25) is 0 Å². The smallest absolute Gasteiger partial charge is 0.129 e. The van der Waals surface area contributed by atoms with E-state index in [0.29, 0.717) is 18.4 Å². The van der Waals surface area contributed by atoms with Crippen molar-refractivity contribution in [3.05, 3.63) is 35.4 Å². The molecular weight excluding hydrogens is 222 g/mol. The first-order valence-electron chi connectivity index (χ1n) is 5.47. The fourth-order valence-corrected chi connectivity index (χ4v) is 1.57. The van der Waals surface area contributed by atoms with Gasteiger partial charge in [-0.05, 0) is 31.4 Å². The van der Waals surface area contributed by atoms with Gasteiger partial charge in [-0.15, -0.1) is 11.8 Å². The van der Waals surface area contributed by atoms with Gasteiger partial charge in [0.25, 0.3) is 0 Å². The van der Waals surface area contributed by atoms with Crippen molar-refractivity contribution < 1.29 is 8.78 Å². The Morgan fingerprint density at radius 2 is 2.18 bits per heavy atom. The molecule has 92 valence electrons. The van der Waals surface area contributed by atoms with E-state index in [9.17, 15) is 8.78 Å². The van der Waals surface area contributed by atoms with Crippen molar-refractivity contribution in [1.82, 2.24) is 5.43 Å². The van der Waals surface area contributed by atoms with E-state index in [2.05, 4.69) is 17.3 Å². The predicted octanol–water partition coefficient (Wildman–Crippen LogP) is 2.14. The number of halogens is 2. The van der Waals surface area contributed by atoms with Crippen LogP contribution in [0.15, 0.2) is 18.2 Å². The van der Waals surface area contributed by atoms with E-state index in [1.807, 2.05) is 0 Å². The van der Waals surface area contributed by atoms with E-state index in [1.54, 1.807) is 6.92 Å². The maximum atomic E-state index is 13.4. The summed E-state index contributed by atoms with van der Waals surface area (Å²) >= 11 is 0. The Kier molecular flexibility index (Phi) is 5.61. The molecule has 0 heterocycles. The average Bonchev–Trinajstić information content (AvgIpc) is 2.31. The van der Waals surface area contributed by atoms with Crippen molar-refractivity contribution in [2.75, 3.05) is 0 Å². The Morgan fingerprint density at radius 3 is 2.76 bits per heavy atom. The van der Waals surface area contributed by atoms with Gasteiger partial charge in [-0.1, -0.05) is 6.07 Å². The Labute approximate surface area is 100 Å². The van der Waals surface area contributed by atoms with Crippen LogP contribution < -0.4 is 11.3 Å². The molecule has 2 nitrogen and oxygen atoms in total. The van der Waals surface area contributed by atoms with Crippen LogP contribution in [0.2, 0.25) is 0 Å².